The molecular weight excluding hydrogens is 290 g/mol. The van der Waals surface area contributed by atoms with Gasteiger partial charge in [0.15, 0.2) is 0 Å². The molecule has 0 bridgehead atoms. The summed E-state index contributed by atoms with van der Waals surface area (Å²) in [5.41, 5.74) is 7.82. The largest absolute Gasteiger partial charge is 0.513 e. The Morgan fingerprint density at radius 3 is 2.41 bits per heavy atom. The summed E-state index contributed by atoms with van der Waals surface area (Å²) in [5, 5.41) is 3.21. The van der Waals surface area contributed by atoms with Crippen LogP contribution in [0.4, 0.5) is 4.79 Å². The highest BCUT2D eigenvalue weighted by Crippen LogP contribution is 2.16. The average Bonchev–Trinajstić information content (AvgIpc) is 2.42. The summed E-state index contributed by atoms with van der Waals surface area (Å²) in [5.74, 6) is -0.239. The first kappa shape index (κ1) is 17.3. The van der Waals surface area contributed by atoms with Gasteiger partial charge in [0.05, 0.1) is 12.1 Å². The van der Waals surface area contributed by atoms with Gasteiger partial charge in [0.2, 0.25) is 0 Å². The molecule has 1 rings (SSSR count). The number of ether oxygens (including phenoxy) is 3. The number of rotatable bonds is 5. The minimum Gasteiger partial charge on any atom is -0.456 e. The summed E-state index contributed by atoms with van der Waals surface area (Å²) in [4.78, 5) is 25.6. The van der Waals surface area contributed by atoms with Crippen LogP contribution in [0, 0.1) is 0 Å². The van der Waals surface area contributed by atoms with Crippen molar-refractivity contribution in [2.75, 3.05) is 13.2 Å². The number of benzene rings is 1. The number of carbonyl (C=O) groups is 2. The van der Waals surface area contributed by atoms with Gasteiger partial charge < -0.3 is 14.2 Å². The Labute approximate surface area is 127 Å². The van der Waals surface area contributed by atoms with E-state index in [2.05, 4.69) is 14.8 Å². The summed E-state index contributed by atoms with van der Waals surface area (Å²) >= 11 is 0. The van der Waals surface area contributed by atoms with E-state index in [-0.39, 0.29) is 18.9 Å². The van der Waals surface area contributed by atoms with Gasteiger partial charge in [-0.25, -0.2) is 9.59 Å². The molecule has 0 amide bonds. The number of hydrogen-bond donors (Lipinski definition) is 0. The summed E-state index contributed by atoms with van der Waals surface area (Å²) in [7, 11) is 0. The number of hydrogen-bond acceptors (Lipinski definition) is 6. The second-order valence-corrected chi connectivity index (χ2v) is 5.18. The molecule has 0 aliphatic rings. The Hall–Kier alpha value is -2.73. The highest BCUT2D eigenvalue weighted by molar-refractivity contribution is 5.89. The molecule has 0 aliphatic carbocycles. The lowest BCUT2D eigenvalue weighted by Gasteiger charge is -2.19. The van der Waals surface area contributed by atoms with E-state index in [4.69, 9.17) is 15.0 Å². The molecule has 0 saturated heterocycles. The minimum absolute atomic E-state index is 0.0309. The first-order valence-corrected chi connectivity index (χ1v) is 6.51. The van der Waals surface area contributed by atoms with Crippen molar-refractivity contribution >= 4 is 12.1 Å². The molecule has 0 aliphatic heterocycles. The molecule has 0 aromatic heterocycles. The molecule has 0 unspecified atom stereocenters. The van der Waals surface area contributed by atoms with Gasteiger partial charge in [-0.1, -0.05) is 5.11 Å². The lowest BCUT2D eigenvalue weighted by Crippen LogP contribution is -2.23. The quantitative estimate of drug-likeness (QED) is 0.206. The van der Waals surface area contributed by atoms with Crippen molar-refractivity contribution in [1.82, 2.24) is 0 Å². The van der Waals surface area contributed by atoms with Gasteiger partial charge >= 0.3 is 12.1 Å². The van der Waals surface area contributed by atoms with Crippen LogP contribution in [-0.2, 0) is 9.47 Å². The molecule has 118 valence electrons. The second-order valence-electron chi connectivity index (χ2n) is 5.18. The summed E-state index contributed by atoms with van der Waals surface area (Å²) in [6, 6.07) is 5.87. The van der Waals surface area contributed by atoms with E-state index in [0.29, 0.717) is 5.56 Å². The molecule has 1 aromatic carbocycles. The molecule has 0 spiro atoms. The molecule has 8 nitrogen and oxygen atoms in total. The molecule has 0 saturated carbocycles. The number of nitrogens with zero attached hydrogens (tertiary/aromatic N) is 3. The highest BCUT2D eigenvalue weighted by atomic mass is 16.7. The van der Waals surface area contributed by atoms with Crippen LogP contribution in [0.5, 0.6) is 5.75 Å². The van der Waals surface area contributed by atoms with Crippen LogP contribution in [0.25, 0.3) is 10.4 Å². The van der Waals surface area contributed by atoms with Crippen LogP contribution in [0.3, 0.4) is 0 Å². The Bertz CT molecular complexity index is 571. The van der Waals surface area contributed by atoms with Crippen molar-refractivity contribution in [3.05, 3.63) is 40.3 Å². The van der Waals surface area contributed by atoms with Gasteiger partial charge in [-0.15, -0.1) is 0 Å². The van der Waals surface area contributed by atoms with Crippen molar-refractivity contribution in [3.8, 4) is 5.75 Å². The Kier molecular flexibility index (Phi) is 6.22. The van der Waals surface area contributed by atoms with E-state index >= 15 is 0 Å². The third-order valence-corrected chi connectivity index (χ3v) is 2.16. The molecule has 1 aromatic rings. The maximum atomic E-state index is 11.8. The fraction of sp³-hybridized carbons (Fsp3) is 0.429. The number of azide groups is 1. The fourth-order valence-electron chi connectivity index (χ4n) is 1.34. The van der Waals surface area contributed by atoms with Crippen molar-refractivity contribution in [2.45, 2.75) is 26.4 Å². The van der Waals surface area contributed by atoms with Crippen LogP contribution >= 0.6 is 0 Å². The Morgan fingerprint density at radius 2 is 1.86 bits per heavy atom. The number of esters is 1. The average molecular weight is 307 g/mol. The predicted molar refractivity (Wildman–Crippen MR) is 77.6 cm³/mol. The molecule has 0 radical (unpaired) electrons. The van der Waals surface area contributed by atoms with Gasteiger partial charge in [0, 0.05) is 4.91 Å². The highest BCUT2D eigenvalue weighted by Gasteiger charge is 2.18. The van der Waals surface area contributed by atoms with Crippen LogP contribution in [0.1, 0.15) is 31.1 Å². The van der Waals surface area contributed by atoms with E-state index in [0.717, 1.165) is 0 Å². The van der Waals surface area contributed by atoms with Gasteiger partial charge in [0.25, 0.3) is 0 Å². The fourth-order valence-corrected chi connectivity index (χ4v) is 1.34. The predicted octanol–water partition coefficient (Wildman–Crippen LogP) is 3.47. The molecule has 0 heterocycles. The van der Waals surface area contributed by atoms with Crippen LogP contribution in [0.15, 0.2) is 29.4 Å². The van der Waals surface area contributed by atoms with Crippen molar-refractivity contribution in [3.63, 3.8) is 0 Å². The first-order chi connectivity index (χ1) is 10.3. The Morgan fingerprint density at radius 1 is 1.23 bits per heavy atom. The van der Waals surface area contributed by atoms with E-state index in [1.54, 1.807) is 20.8 Å². The maximum absolute atomic E-state index is 11.8. The van der Waals surface area contributed by atoms with Gasteiger partial charge in [-0.2, -0.15) is 0 Å². The standard InChI is InChI=1S/C14H17N3O5/c1-14(2,3)22-12(18)10-4-6-11(7-5-10)21-13(19)20-9-8-16-17-15/h4-7H,8-9H2,1-3H3. The number of carbonyl (C=O) groups excluding carboxylic acids is 2. The van der Waals surface area contributed by atoms with E-state index in [9.17, 15) is 9.59 Å². The summed E-state index contributed by atoms with van der Waals surface area (Å²) in [6.45, 7) is 5.28. The topological polar surface area (TPSA) is 111 Å². The van der Waals surface area contributed by atoms with Crippen LogP contribution < -0.4 is 4.74 Å². The molecule has 0 atom stereocenters. The molecule has 0 fully saturated rings. The van der Waals surface area contributed by atoms with Gasteiger partial charge in [0.1, 0.15) is 18.0 Å². The van der Waals surface area contributed by atoms with Crippen molar-refractivity contribution in [1.29, 1.82) is 0 Å². The third kappa shape index (κ3) is 6.62. The second kappa shape index (κ2) is 7.90. The van der Waals surface area contributed by atoms with Crippen molar-refractivity contribution < 1.29 is 23.8 Å². The van der Waals surface area contributed by atoms with Crippen molar-refractivity contribution in [2.24, 2.45) is 5.11 Å². The third-order valence-electron chi connectivity index (χ3n) is 2.16. The van der Waals surface area contributed by atoms with Crippen LogP contribution in [-0.4, -0.2) is 30.9 Å². The zero-order chi connectivity index (χ0) is 16.6. The molecule has 8 heteroatoms. The first-order valence-electron chi connectivity index (χ1n) is 6.51. The van der Waals surface area contributed by atoms with E-state index in [1.807, 2.05) is 0 Å². The molecular formula is C14H17N3O5. The summed E-state index contributed by atoms with van der Waals surface area (Å²) < 4.78 is 14.8. The minimum atomic E-state index is -0.918. The molecule has 22 heavy (non-hydrogen) atoms. The monoisotopic (exact) mass is 307 g/mol. The van der Waals surface area contributed by atoms with Crippen LogP contribution in [0.2, 0.25) is 0 Å². The smallest absolute Gasteiger partial charge is 0.456 e. The lowest BCUT2D eigenvalue weighted by molar-refractivity contribution is 0.00695. The molecule has 0 N–H and O–H groups in total. The SMILES string of the molecule is CC(C)(C)OC(=O)c1ccc(OC(=O)OCCN=[N+]=[N-])cc1. The Balaban J connectivity index is 2.52. The van der Waals surface area contributed by atoms with E-state index in [1.165, 1.54) is 24.3 Å². The normalized spacial score (nSPS) is 10.3. The van der Waals surface area contributed by atoms with E-state index < -0.39 is 17.7 Å². The summed E-state index contributed by atoms with van der Waals surface area (Å²) in [6.07, 6.45) is -0.918. The lowest BCUT2D eigenvalue weighted by atomic mass is 10.1. The van der Waals surface area contributed by atoms with Gasteiger partial charge in [-0.05, 0) is 50.6 Å². The maximum Gasteiger partial charge on any atom is 0.513 e. The zero-order valence-corrected chi connectivity index (χ0v) is 12.6. The zero-order valence-electron chi connectivity index (χ0n) is 12.6. The van der Waals surface area contributed by atoms with Gasteiger partial charge in [-0.3, -0.25) is 0 Å².